The molecule has 0 saturated carbocycles. The minimum atomic E-state index is -4.64. The van der Waals surface area contributed by atoms with Crippen molar-refractivity contribution in [1.82, 2.24) is 5.32 Å². The van der Waals surface area contributed by atoms with Gasteiger partial charge >= 0.3 is 6.36 Å². The molecular weight excluding hydrogens is 267 g/mol. The van der Waals surface area contributed by atoms with Crippen molar-refractivity contribution in [3.8, 4) is 5.75 Å². The fourth-order valence-corrected chi connectivity index (χ4v) is 2.25. The Labute approximate surface area is 118 Å². The molecule has 20 heavy (non-hydrogen) atoms. The first-order valence-electron chi connectivity index (χ1n) is 6.93. The SMILES string of the molecule is CCC(CC)C(C)NCc1ccc(OC(F)(F)F)cc1. The molecule has 1 aromatic carbocycles. The molecule has 0 aliphatic rings. The first-order valence-corrected chi connectivity index (χ1v) is 6.93. The van der Waals surface area contributed by atoms with E-state index < -0.39 is 6.36 Å². The second-order valence-corrected chi connectivity index (χ2v) is 4.94. The van der Waals surface area contributed by atoms with E-state index in [9.17, 15) is 13.2 Å². The molecule has 2 nitrogen and oxygen atoms in total. The first kappa shape index (κ1) is 16.8. The van der Waals surface area contributed by atoms with Gasteiger partial charge in [0.1, 0.15) is 5.75 Å². The van der Waals surface area contributed by atoms with Crippen LogP contribution in [0.25, 0.3) is 0 Å². The lowest BCUT2D eigenvalue weighted by atomic mass is 9.95. The van der Waals surface area contributed by atoms with Crippen molar-refractivity contribution in [3.63, 3.8) is 0 Å². The van der Waals surface area contributed by atoms with E-state index in [4.69, 9.17) is 0 Å². The van der Waals surface area contributed by atoms with Crippen LogP contribution in [0.1, 0.15) is 39.2 Å². The summed E-state index contributed by atoms with van der Waals surface area (Å²) in [7, 11) is 0. The van der Waals surface area contributed by atoms with Gasteiger partial charge in [0.25, 0.3) is 0 Å². The van der Waals surface area contributed by atoms with Gasteiger partial charge in [-0.2, -0.15) is 0 Å². The minimum absolute atomic E-state index is 0.186. The number of halogens is 3. The second-order valence-electron chi connectivity index (χ2n) is 4.94. The number of hydrogen-bond donors (Lipinski definition) is 1. The maximum absolute atomic E-state index is 12.0. The third kappa shape index (κ3) is 5.82. The van der Waals surface area contributed by atoms with Crippen LogP contribution < -0.4 is 10.1 Å². The average Bonchev–Trinajstić information content (AvgIpc) is 2.37. The summed E-state index contributed by atoms with van der Waals surface area (Å²) >= 11 is 0. The van der Waals surface area contributed by atoms with E-state index in [-0.39, 0.29) is 5.75 Å². The van der Waals surface area contributed by atoms with Crippen molar-refractivity contribution in [2.45, 2.75) is 52.6 Å². The maximum atomic E-state index is 12.0. The summed E-state index contributed by atoms with van der Waals surface area (Å²) in [6, 6.07) is 6.36. The molecule has 0 radical (unpaired) electrons. The largest absolute Gasteiger partial charge is 0.573 e. The highest BCUT2D eigenvalue weighted by atomic mass is 19.4. The van der Waals surface area contributed by atoms with Gasteiger partial charge in [-0.15, -0.1) is 13.2 Å². The van der Waals surface area contributed by atoms with E-state index in [0.717, 1.165) is 18.4 Å². The van der Waals surface area contributed by atoms with Crippen molar-refractivity contribution in [2.75, 3.05) is 0 Å². The molecule has 114 valence electrons. The molecule has 0 spiro atoms. The lowest BCUT2D eigenvalue weighted by Crippen LogP contribution is -2.32. The molecule has 5 heteroatoms. The van der Waals surface area contributed by atoms with Crippen LogP contribution in [0.5, 0.6) is 5.75 Å². The summed E-state index contributed by atoms with van der Waals surface area (Å²) < 4.78 is 39.9. The first-order chi connectivity index (χ1) is 9.35. The third-order valence-electron chi connectivity index (χ3n) is 3.54. The van der Waals surface area contributed by atoms with Gasteiger partial charge in [0.05, 0.1) is 0 Å². The standard InChI is InChI=1S/C15H22F3NO/c1-4-13(5-2)11(3)19-10-12-6-8-14(9-7-12)20-15(16,17)18/h6-9,11,13,19H,4-5,10H2,1-3H3. The Morgan fingerprint density at radius 2 is 1.65 bits per heavy atom. The predicted molar refractivity (Wildman–Crippen MR) is 73.5 cm³/mol. The summed E-state index contributed by atoms with van der Waals surface area (Å²) in [5, 5.41) is 3.41. The Balaban J connectivity index is 2.49. The summed E-state index contributed by atoms with van der Waals surface area (Å²) in [5.74, 6) is 0.428. The topological polar surface area (TPSA) is 21.3 Å². The van der Waals surface area contributed by atoms with Crippen LogP contribution >= 0.6 is 0 Å². The van der Waals surface area contributed by atoms with Gasteiger partial charge in [0, 0.05) is 12.6 Å². The van der Waals surface area contributed by atoms with Crippen molar-refractivity contribution in [3.05, 3.63) is 29.8 Å². The number of hydrogen-bond acceptors (Lipinski definition) is 2. The Kier molecular flexibility index (Phi) is 6.33. The van der Waals surface area contributed by atoms with Gasteiger partial charge in [-0.25, -0.2) is 0 Å². The summed E-state index contributed by atoms with van der Waals surface area (Å²) in [6.45, 7) is 7.11. The van der Waals surface area contributed by atoms with Crippen LogP contribution in [0.4, 0.5) is 13.2 Å². The molecule has 1 N–H and O–H groups in total. The van der Waals surface area contributed by atoms with Crippen molar-refractivity contribution in [1.29, 1.82) is 0 Å². The molecule has 1 atom stereocenters. The number of benzene rings is 1. The fraction of sp³-hybridized carbons (Fsp3) is 0.600. The van der Waals surface area contributed by atoms with E-state index in [2.05, 4.69) is 30.8 Å². The summed E-state index contributed by atoms with van der Waals surface area (Å²) in [5.41, 5.74) is 0.942. The fourth-order valence-electron chi connectivity index (χ4n) is 2.25. The highest BCUT2D eigenvalue weighted by molar-refractivity contribution is 5.27. The molecule has 0 fully saturated rings. The zero-order valence-electron chi connectivity index (χ0n) is 12.1. The van der Waals surface area contributed by atoms with Crippen molar-refractivity contribution < 1.29 is 17.9 Å². The molecule has 1 rings (SSSR count). The van der Waals surface area contributed by atoms with Gasteiger partial charge in [0.15, 0.2) is 0 Å². The third-order valence-corrected chi connectivity index (χ3v) is 3.54. The van der Waals surface area contributed by atoms with Crippen molar-refractivity contribution >= 4 is 0 Å². The molecule has 1 aromatic rings. The Morgan fingerprint density at radius 1 is 1.10 bits per heavy atom. The Bertz CT molecular complexity index is 385. The lowest BCUT2D eigenvalue weighted by molar-refractivity contribution is -0.274. The molecule has 0 aromatic heterocycles. The number of alkyl halides is 3. The van der Waals surface area contributed by atoms with E-state index >= 15 is 0 Å². The van der Waals surface area contributed by atoms with E-state index in [0.29, 0.717) is 18.5 Å². The number of nitrogens with one attached hydrogen (secondary N) is 1. The maximum Gasteiger partial charge on any atom is 0.573 e. The molecule has 0 bridgehead atoms. The molecular formula is C15H22F3NO. The summed E-state index contributed by atoms with van der Waals surface area (Å²) in [6.07, 6.45) is -2.41. The lowest BCUT2D eigenvalue weighted by Gasteiger charge is -2.22. The molecule has 0 amide bonds. The zero-order chi connectivity index (χ0) is 15.2. The predicted octanol–water partition coefficient (Wildman–Crippen LogP) is 4.50. The normalized spacial score (nSPS) is 13.6. The van der Waals surface area contributed by atoms with Crippen LogP contribution in [0.15, 0.2) is 24.3 Å². The second kappa shape index (κ2) is 7.53. The minimum Gasteiger partial charge on any atom is -0.406 e. The van der Waals surface area contributed by atoms with E-state index in [1.807, 2.05) is 0 Å². The van der Waals surface area contributed by atoms with Gasteiger partial charge in [-0.1, -0.05) is 38.8 Å². The van der Waals surface area contributed by atoms with Crippen LogP contribution in [0.2, 0.25) is 0 Å². The van der Waals surface area contributed by atoms with Crippen LogP contribution in [-0.2, 0) is 6.54 Å². The monoisotopic (exact) mass is 289 g/mol. The molecule has 0 heterocycles. The van der Waals surface area contributed by atoms with Gasteiger partial charge in [0.2, 0.25) is 0 Å². The van der Waals surface area contributed by atoms with Crippen LogP contribution in [0, 0.1) is 5.92 Å². The summed E-state index contributed by atoms with van der Waals surface area (Å²) in [4.78, 5) is 0. The highest BCUT2D eigenvalue weighted by Gasteiger charge is 2.30. The Morgan fingerprint density at radius 3 is 2.10 bits per heavy atom. The van der Waals surface area contributed by atoms with E-state index in [1.54, 1.807) is 12.1 Å². The van der Waals surface area contributed by atoms with Gasteiger partial charge in [-0.05, 0) is 30.5 Å². The molecule has 1 unspecified atom stereocenters. The van der Waals surface area contributed by atoms with E-state index in [1.165, 1.54) is 12.1 Å². The molecule has 0 saturated heterocycles. The zero-order valence-corrected chi connectivity index (χ0v) is 12.1. The van der Waals surface area contributed by atoms with Gasteiger partial charge < -0.3 is 10.1 Å². The van der Waals surface area contributed by atoms with Crippen LogP contribution in [0.3, 0.4) is 0 Å². The highest BCUT2D eigenvalue weighted by Crippen LogP contribution is 2.22. The Hall–Kier alpha value is -1.23. The molecule has 0 aliphatic heterocycles. The number of ether oxygens (including phenoxy) is 1. The van der Waals surface area contributed by atoms with Gasteiger partial charge in [-0.3, -0.25) is 0 Å². The van der Waals surface area contributed by atoms with Crippen LogP contribution in [-0.4, -0.2) is 12.4 Å². The van der Waals surface area contributed by atoms with Crippen molar-refractivity contribution in [2.24, 2.45) is 5.92 Å². The molecule has 0 aliphatic carbocycles. The smallest absolute Gasteiger partial charge is 0.406 e. The average molecular weight is 289 g/mol. The number of rotatable bonds is 7. The quantitative estimate of drug-likeness (QED) is 0.798.